The highest BCUT2D eigenvalue weighted by atomic mass is 15.1. The van der Waals surface area contributed by atoms with Gasteiger partial charge in [0.05, 0.1) is 0 Å². The summed E-state index contributed by atoms with van der Waals surface area (Å²) in [5, 5.41) is 3.68. The zero-order valence-corrected chi connectivity index (χ0v) is 10.9. The van der Waals surface area contributed by atoms with Crippen molar-refractivity contribution >= 4 is 0 Å². The van der Waals surface area contributed by atoms with Crippen LogP contribution in [0, 0.1) is 11.8 Å². The third-order valence-electron chi connectivity index (χ3n) is 3.66. The van der Waals surface area contributed by atoms with Crippen molar-refractivity contribution in [1.82, 2.24) is 10.2 Å². The van der Waals surface area contributed by atoms with E-state index >= 15 is 0 Å². The molecule has 1 aliphatic rings. The van der Waals surface area contributed by atoms with Crippen LogP contribution in [0.5, 0.6) is 0 Å². The molecule has 2 heteroatoms. The summed E-state index contributed by atoms with van der Waals surface area (Å²) in [4.78, 5) is 2.44. The molecule has 0 saturated carbocycles. The minimum Gasteiger partial charge on any atom is -0.314 e. The maximum atomic E-state index is 3.68. The molecule has 0 radical (unpaired) electrons. The molecule has 1 rings (SSSR count). The first-order chi connectivity index (χ1) is 7.09. The Hall–Kier alpha value is -0.0800. The maximum absolute atomic E-state index is 3.68. The summed E-state index contributed by atoms with van der Waals surface area (Å²) in [6.45, 7) is 10.7. The Balaban J connectivity index is 2.13. The van der Waals surface area contributed by atoms with Gasteiger partial charge in [-0.05, 0) is 64.7 Å². The summed E-state index contributed by atoms with van der Waals surface area (Å²) in [5.41, 5.74) is 0. The average Bonchev–Trinajstić information content (AvgIpc) is 2.18. The molecule has 1 atom stereocenters. The molecular weight excluding hydrogens is 184 g/mol. The lowest BCUT2D eigenvalue weighted by Crippen LogP contribution is -2.41. The van der Waals surface area contributed by atoms with Gasteiger partial charge in [0.25, 0.3) is 0 Å². The van der Waals surface area contributed by atoms with Crippen LogP contribution in [0.2, 0.25) is 0 Å². The van der Waals surface area contributed by atoms with Crippen molar-refractivity contribution in [3.63, 3.8) is 0 Å². The molecule has 0 spiro atoms. The highest BCUT2D eigenvalue weighted by Gasteiger charge is 2.21. The molecule has 90 valence electrons. The molecule has 0 aromatic carbocycles. The van der Waals surface area contributed by atoms with Crippen LogP contribution >= 0.6 is 0 Å². The number of hydrogen-bond donors (Lipinski definition) is 1. The lowest BCUT2D eigenvalue weighted by Gasteiger charge is -2.33. The zero-order chi connectivity index (χ0) is 11.3. The van der Waals surface area contributed by atoms with Crippen molar-refractivity contribution in [1.29, 1.82) is 0 Å². The van der Waals surface area contributed by atoms with Gasteiger partial charge in [-0.15, -0.1) is 0 Å². The summed E-state index contributed by atoms with van der Waals surface area (Å²) in [6.07, 6.45) is 4.04. The monoisotopic (exact) mass is 212 g/mol. The fraction of sp³-hybridized carbons (Fsp3) is 1.00. The van der Waals surface area contributed by atoms with Gasteiger partial charge in [-0.2, -0.15) is 0 Å². The molecule has 0 bridgehead atoms. The highest BCUT2D eigenvalue weighted by molar-refractivity contribution is 4.78. The number of nitrogens with zero attached hydrogens (tertiary/aromatic N) is 1. The van der Waals surface area contributed by atoms with Gasteiger partial charge in [-0.1, -0.05) is 13.8 Å². The lowest BCUT2D eigenvalue weighted by atomic mass is 9.90. The summed E-state index contributed by atoms with van der Waals surface area (Å²) in [7, 11) is 2.23. The number of rotatable bonds is 5. The van der Waals surface area contributed by atoms with Crippen molar-refractivity contribution in [2.24, 2.45) is 11.8 Å². The van der Waals surface area contributed by atoms with Gasteiger partial charge < -0.3 is 10.2 Å². The Labute approximate surface area is 95.4 Å². The van der Waals surface area contributed by atoms with E-state index in [9.17, 15) is 0 Å². The fourth-order valence-corrected chi connectivity index (χ4v) is 2.29. The molecule has 0 amide bonds. The standard InChI is InChI=1S/C13H28N2/c1-11(2)5-8-14-12(3)13-6-9-15(4)10-7-13/h11-14H,5-10H2,1-4H3. The van der Waals surface area contributed by atoms with Crippen LogP contribution in [0.4, 0.5) is 0 Å². The van der Waals surface area contributed by atoms with Gasteiger partial charge in [0, 0.05) is 6.04 Å². The van der Waals surface area contributed by atoms with E-state index in [4.69, 9.17) is 0 Å². The quantitative estimate of drug-likeness (QED) is 0.752. The Bertz CT molecular complexity index is 160. The van der Waals surface area contributed by atoms with Crippen LogP contribution in [0.3, 0.4) is 0 Å². The smallest absolute Gasteiger partial charge is 0.00679 e. The summed E-state index contributed by atoms with van der Waals surface area (Å²) in [5.74, 6) is 1.72. The molecule has 1 saturated heterocycles. The summed E-state index contributed by atoms with van der Waals surface area (Å²) in [6, 6.07) is 0.706. The largest absolute Gasteiger partial charge is 0.314 e. The van der Waals surface area contributed by atoms with E-state index < -0.39 is 0 Å². The zero-order valence-electron chi connectivity index (χ0n) is 10.9. The highest BCUT2D eigenvalue weighted by Crippen LogP contribution is 2.19. The van der Waals surface area contributed by atoms with E-state index in [2.05, 4.69) is 38.0 Å². The first-order valence-corrected chi connectivity index (χ1v) is 6.51. The van der Waals surface area contributed by atoms with Crippen LogP contribution in [0.25, 0.3) is 0 Å². The first-order valence-electron chi connectivity index (χ1n) is 6.51. The summed E-state index contributed by atoms with van der Waals surface area (Å²) >= 11 is 0. The van der Waals surface area contributed by atoms with Gasteiger partial charge in [0.1, 0.15) is 0 Å². The van der Waals surface area contributed by atoms with Gasteiger partial charge in [-0.3, -0.25) is 0 Å². The van der Waals surface area contributed by atoms with E-state index in [0.717, 1.165) is 11.8 Å². The van der Waals surface area contributed by atoms with Crippen LogP contribution in [0.15, 0.2) is 0 Å². The van der Waals surface area contributed by atoms with Crippen molar-refractivity contribution in [3.05, 3.63) is 0 Å². The second-order valence-electron chi connectivity index (χ2n) is 5.57. The van der Waals surface area contributed by atoms with Crippen LogP contribution in [-0.2, 0) is 0 Å². The molecule has 1 fully saturated rings. The Morgan fingerprint density at radius 2 is 1.80 bits per heavy atom. The van der Waals surface area contributed by atoms with Gasteiger partial charge in [-0.25, -0.2) is 0 Å². The van der Waals surface area contributed by atoms with Gasteiger partial charge in [0.15, 0.2) is 0 Å². The van der Waals surface area contributed by atoms with E-state index in [0.29, 0.717) is 6.04 Å². The topological polar surface area (TPSA) is 15.3 Å². The van der Waals surface area contributed by atoms with Crippen LogP contribution < -0.4 is 5.32 Å². The number of likely N-dealkylation sites (tertiary alicyclic amines) is 1. The number of piperidine rings is 1. The molecule has 0 aromatic heterocycles. The molecule has 1 N–H and O–H groups in total. The minimum absolute atomic E-state index is 0.706. The molecule has 0 aliphatic carbocycles. The van der Waals surface area contributed by atoms with E-state index in [1.807, 2.05) is 0 Å². The molecule has 1 unspecified atom stereocenters. The second kappa shape index (κ2) is 6.49. The molecule has 2 nitrogen and oxygen atoms in total. The van der Waals surface area contributed by atoms with Gasteiger partial charge in [0.2, 0.25) is 0 Å². The van der Waals surface area contributed by atoms with E-state index in [1.165, 1.54) is 38.9 Å². The third-order valence-corrected chi connectivity index (χ3v) is 3.66. The Morgan fingerprint density at radius 3 is 2.33 bits per heavy atom. The van der Waals surface area contributed by atoms with Crippen LogP contribution in [-0.4, -0.2) is 37.6 Å². The first kappa shape index (κ1) is 13.0. The van der Waals surface area contributed by atoms with E-state index in [-0.39, 0.29) is 0 Å². The molecule has 15 heavy (non-hydrogen) atoms. The predicted molar refractivity (Wildman–Crippen MR) is 67.1 cm³/mol. The van der Waals surface area contributed by atoms with Crippen molar-refractivity contribution in [3.8, 4) is 0 Å². The van der Waals surface area contributed by atoms with Crippen molar-refractivity contribution in [2.75, 3.05) is 26.7 Å². The Kier molecular flexibility index (Phi) is 5.62. The van der Waals surface area contributed by atoms with Crippen molar-refractivity contribution in [2.45, 2.75) is 46.1 Å². The lowest BCUT2D eigenvalue weighted by molar-refractivity contribution is 0.189. The Morgan fingerprint density at radius 1 is 1.20 bits per heavy atom. The van der Waals surface area contributed by atoms with Crippen LogP contribution in [0.1, 0.15) is 40.0 Å². The number of nitrogens with one attached hydrogen (secondary N) is 1. The minimum atomic E-state index is 0.706. The molecule has 1 aliphatic heterocycles. The predicted octanol–water partition coefficient (Wildman–Crippen LogP) is 2.35. The molecule has 0 aromatic rings. The summed E-state index contributed by atoms with van der Waals surface area (Å²) < 4.78 is 0. The molecule has 1 heterocycles. The van der Waals surface area contributed by atoms with Crippen molar-refractivity contribution < 1.29 is 0 Å². The third kappa shape index (κ3) is 4.98. The second-order valence-corrected chi connectivity index (χ2v) is 5.57. The molecular formula is C13H28N2. The maximum Gasteiger partial charge on any atom is 0.00679 e. The normalized spacial score (nSPS) is 22.2. The number of hydrogen-bond acceptors (Lipinski definition) is 2. The van der Waals surface area contributed by atoms with Gasteiger partial charge >= 0.3 is 0 Å². The van der Waals surface area contributed by atoms with E-state index in [1.54, 1.807) is 0 Å². The average molecular weight is 212 g/mol. The fourth-order valence-electron chi connectivity index (χ4n) is 2.29. The SMILES string of the molecule is CC(C)CCNC(C)C1CCN(C)CC1.